The van der Waals surface area contributed by atoms with Crippen LogP contribution in [-0.2, 0) is 24.2 Å². The van der Waals surface area contributed by atoms with E-state index in [9.17, 15) is 14.4 Å². The predicted octanol–water partition coefficient (Wildman–Crippen LogP) is -0.195. The van der Waals surface area contributed by atoms with Crippen molar-refractivity contribution in [2.75, 3.05) is 6.61 Å². The van der Waals surface area contributed by atoms with Crippen molar-refractivity contribution in [1.29, 1.82) is 0 Å². The van der Waals surface area contributed by atoms with Gasteiger partial charge in [0.05, 0.1) is 0 Å². The summed E-state index contributed by atoms with van der Waals surface area (Å²) in [7, 11) is 0. The standard InChI is InChI=1S/C7H8O5/c1-6(9)2-3-7(10)4-11-12-5-8/h2-3,5H,4H2,1H3/b3-2+. The van der Waals surface area contributed by atoms with Crippen LogP contribution in [0.5, 0.6) is 0 Å². The number of carbonyl (C=O) groups excluding carboxylic acids is 3. The lowest BCUT2D eigenvalue weighted by Gasteiger charge is -1.92. The number of ketones is 2. The molecule has 0 aliphatic carbocycles. The Morgan fingerprint density at radius 3 is 2.50 bits per heavy atom. The molecule has 0 saturated heterocycles. The Hall–Kier alpha value is -1.49. The molecule has 0 unspecified atom stereocenters. The summed E-state index contributed by atoms with van der Waals surface area (Å²) in [5, 5.41) is 0. The summed E-state index contributed by atoms with van der Waals surface area (Å²) in [5.41, 5.74) is 0. The lowest BCUT2D eigenvalue weighted by atomic mass is 10.3. The summed E-state index contributed by atoms with van der Waals surface area (Å²) >= 11 is 0. The van der Waals surface area contributed by atoms with Crippen LogP contribution in [0, 0.1) is 0 Å². The van der Waals surface area contributed by atoms with Crippen molar-refractivity contribution in [3.05, 3.63) is 12.2 Å². The van der Waals surface area contributed by atoms with Gasteiger partial charge in [0.25, 0.3) is 0 Å². The first kappa shape index (κ1) is 10.5. The van der Waals surface area contributed by atoms with Gasteiger partial charge < -0.3 is 4.89 Å². The third kappa shape index (κ3) is 6.63. The maximum absolute atomic E-state index is 10.7. The maximum atomic E-state index is 10.7. The van der Waals surface area contributed by atoms with Gasteiger partial charge in [0.2, 0.25) is 0 Å². The molecule has 5 nitrogen and oxygen atoms in total. The molecule has 0 rings (SSSR count). The van der Waals surface area contributed by atoms with E-state index in [0.717, 1.165) is 12.2 Å². The van der Waals surface area contributed by atoms with Gasteiger partial charge in [0.1, 0.15) is 0 Å². The molecule has 0 amide bonds. The van der Waals surface area contributed by atoms with Gasteiger partial charge in [-0.1, -0.05) is 0 Å². The Labute approximate surface area is 68.9 Å². The second kappa shape index (κ2) is 6.23. The zero-order valence-electron chi connectivity index (χ0n) is 6.48. The molecule has 5 heteroatoms. The first-order valence-corrected chi connectivity index (χ1v) is 3.10. The van der Waals surface area contributed by atoms with Crippen LogP contribution in [-0.4, -0.2) is 24.6 Å². The minimum Gasteiger partial charge on any atom is -0.301 e. The SMILES string of the molecule is CC(=O)/C=C/C(=O)COOC=O. The van der Waals surface area contributed by atoms with E-state index in [4.69, 9.17) is 0 Å². The number of hydrogen-bond acceptors (Lipinski definition) is 5. The summed E-state index contributed by atoms with van der Waals surface area (Å²) in [6, 6.07) is 0. The molecule has 0 fully saturated rings. The van der Waals surface area contributed by atoms with Gasteiger partial charge in [0, 0.05) is 0 Å². The van der Waals surface area contributed by atoms with E-state index >= 15 is 0 Å². The van der Waals surface area contributed by atoms with Crippen LogP contribution in [0.3, 0.4) is 0 Å². The molecule has 0 N–H and O–H groups in total. The van der Waals surface area contributed by atoms with Crippen LogP contribution in [0.25, 0.3) is 0 Å². The Bertz CT molecular complexity index is 206. The van der Waals surface area contributed by atoms with E-state index in [-0.39, 0.29) is 18.9 Å². The van der Waals surface area contributed by atoms with Gasteiger partial charge in [-0.05, 0) is 19.1 Å². The number of hydrogen-bond donors (Lipinski definition) is 0. The fourth-order valence-corrected chi connectivity index (χ4v) is 0.378. The van der Waals surface area contributed by atoms with Crippen molar-refractivity contribution in [3.8, 4) is 0 Å². The van der Waals surface area contributed by atoms with Crippen LogP contribution in [0.2, 0.25) is 0 Å². The van der Waals surface area contributed by atoms with Gasteiger partial charge in [-0.15, -0.1) is 0 Å². The molecule has 0 aromatic heterocycles. The first-order valence-electron chi connectivity index (χ1n) is 3.10. The molecule has 0 aromatic rings. The maximum Gasteiger partial charge on any atom is 0.330 e. The summed E-state index contributed by atoms with van der Waals surface area (Å²) in [6.07, 6.45) is 2.16. The topological polar surface area (TPSA) is 69.7 Å². The molecule has 0 aliphatic heterocycles. The smallest absolute Gasteiger partial charge is 0.301 e. The van der Waals surface area contributed by atoms with E-state index in [1.165, 1.54) is 6.92 Å². The molecule has 0 aliphatic rings. The third-order valence-corrected chi connectivity index (χ3v) is 0.812. The Balaban J connectivity index is 3.59. The molecule has 0 spiro atoms. The van der Waals surface area contributed by atoms with Crippen LogP contribution < -0.4 is 0 Å². The van der Waals surface area contributed by atoms with Crippen LogP contribution in [0.1, 0.15) is 6.92 Å². The monoisotopic (exact) mass is 172 g/mol. The summed E-state index contributed by atoms with van der Waals surface area (Å²) in [4.78, 5) is 38.4. The molecular weight excluding hydrogens is 164 g/mol. The van der Waals surface area contributed by atoms with E-state index in [0.29, 0.717) is 0 Å². The minimum atomic E-state index is -0.452. The van der Waals surface area contributed by atoms with Crippen molar-refractivity contribution in [1.82, 2.24) is 0 Å². The van der Waals surface area contributed by atoms with Gasteiger partial charge in [-0.25, -0.2) is 0 Å². The molecule has 0 aromatic carbocycles. The average Bonchev–Trinajstić information content (AvgIpc) is 2.01. The highest BCUT2D eigenvalue weighted by Gasteiger charge is 1.97. The van der Waals surface area contributed by atoms with Crippen molar-refractivity contribution in [3.63, 3.8) is 0 Å². The van der Waals surface area contributed by atoms with Crippen molar-refractivity contribution in [2.24, 2.45) is 0 Å². The molecule has 0 radical (unpaired) electrons. The van der Waals surface area contributed by atoms with Crippen LogP contribution in [0.4, 0.5) is 0 Å². The Morgan fingerprint density at radius 2 is 2.00 bits per heavy atom. The normalized spacial score (nSPS) is 9.75. The van der Waals surface area contributed by atoms with Gasteiger partial charge >= 0.3 is 6.47 Å². The lowest BCUT2D eigenvalue weighted by molar-refractivity contribution is -0.254. The third-order valence-electron chi connectivity index (χ3n) is 0.812. The second-order valence-corrected chi connectivity index (χ2v) is 1.86. The number of rotatable bonds is 6. The van der Waals surface area contributed by atoms with Gasteiger partial charge in [-0.2, -0.15) is 4.89 Å². The van der Waals surface area contributed by atoms with E-state index < -0.39 is 5.78 Å². The van der Waals surface area contributed by atoms with Crippen LogP contribution in [0.15, 0.2) is 12.2 Å². The zero-order chi connectivity index (χ0) is 9.40. The first-order chi connectivity index (χ1) is 5.66. The van der Waals surface area contributed by atoms with Crippen molar-refractivity contribution in [2.45, 2.75) is 6.92 Å². The van der Waals surface area contributed by atoms with E-state index in [2.05, 4.69) is 9.78 Å². The molecule has 66 valence electrons. The number of carbonyl (C=O) groups is 3. The largest absolute Gasteiger partial charge is 0.330 e. The zero-order valence-corrected chi connectivity index (χ0v) is 6.48. The second-order valence-electron chi connectivity index (χ2n) is 1.86. The average molecular weight is 172 g/mol. The summed E-state index contributed by atoms with van der Waals surface area (Å²) in [6.45, 7) is 0.983. The van der Waals surface area contributed by atoms with Crippen molar-refractivity contribution >= 4 is 18.0 Å². The molecule has 0 atom stereocenters. The quantitative estimate of drug-likeness (QED) is 0.182. The summed E-state index contributed by atoms with van der Waals surface area (Å²) < 4.78 is 0. The van der Waals surface area contributed by atoms with Gasteiger partial charge in [-0.3, -0.25) is 14.4 Å². The fraction of sp³-hybridized carbons (Fsp3) is 0.286. The highest BCUT2D eigenvalue weighted by Crippen LogP contribution is 1.82. The van der Waals surface area contributed by atoms with Crippen LogP contribution >= 0.6 is 0 Å². The van der Waals surface area contributed by atoms with E-state index in [1.807, 2.05) is 0 Å². The number of allylic oxidation sites excluding steroid dienone is 1. The highest BCUT2D eigenvalue weighted by atomic mass is 17.2. The highest BCUT2D eigenvalue weighted by molar-refractivity contribution is 5.98. The van der Waals surface area contributed by atoms with E-state index in [1.54, 1.807) is 0 Å². The summed E-state index contributed by atoms with van der Waals surface area (Å²) in [5.74, 6) is -0.688. The Morgan fingerprint density at radius 1 is 1.33 bits per heavy atom. The molecular formula is C7H8O5. The molecule has 12 heavy (non-hydrogen) atoms. The minimum absolute atomic E-state index is 0.0575. The lowest BCUT2D eigenvalue weighted by Crippen LogP contribution is -2.05. The van der Waals surface area contributed by atoms with Crippen molar-refractivity contribution < 1.29 is 24.2 Å². The predicted molar refractivity (Wildman–Crippen MR) is 37.9 cm³/mol. The molecule has 0 heterocycles. The van der Waals surface area contributed by atoms with Gasteiger partial charge in [0.15, 0.2) is 18.2 Å². The molecule has 0 saturated carbocycles. The Kier molecular flexibility index (Phi) is 5.46. The molecule has 0 bridgehead atoms. The fourth-order valence-electron chi connectivity index (χ4n) is 0.378.